The van der Waals surface area contributed by atoms with Crippen LogP contribution in [0.1, 0.15) is 67.1 Å². The number of rotatable bonds is 13. The highest BCUT2D eigenvalue weighted by Crippen LogP contribution is 2.43. The van der Waals surface area contributed by atoms with Crippen LogP contribution >= 0.6 is 0 Å². The first kappa shape index (κ1) is 34.9. The molecule has 6 rings (SSSR count). The van der Waals surface area contributed by atoms with E-state index in [1.165, 1.54) is 34.0 Å². The first-order chi connectivity index (χ1) is 23.9. The van der Waals surface area contributed by atoms with Gasteiger partial charge in [-0.25, -0.2) is 9.59 Å². The van der Waals surface area contributed by atoms with Crippen LogP contribution in [0.4, 0.5) is 26.0 Å². The lowest BCUT2D eigenvalue weighted by atomic mass is 10.1. The van der Waals surface area contributed by atoms with Gasteiger partial charge in [0.05, 0.1) is 16.6 Å². The number of benzene rings is 2. The molecule has 0 spiro atoms. The number of unbranched alkanes of at least 4 members (excludes halogenated alkanes) is 1. The summed E-state index contributed by atoms with van der Waals surface area (Å²) in [5.74, 6) is -1.16. The molecule has 2 aromatic carbocycles. The molecule has 2 fully saturated rings. The van der Waals surface area contributed by atoms with Crippen molar-refractivity contribution in [3.05, 3.63) is 90.3 Å². The topological polar surface area (TPSA) is 142 Å². The monoisotopic (exact) mass is 692 g/mol. The summed E-state index contributed by atoms with van der Waals surface area (Å²) in [5.41, 5.74) is 1.75. The molecule has 0 radical (unpaired) electrons. The molecule has 266 valence electrons. The van der Waals surface area contributed by atoms with Crippen LogP contribution in [0.3, 0.4) is 0 Å². The number of anilines is 3. The van der Waals surface area contributed by atoms with Gasteiger partial charge < -0.3 is 24.6 Å². The van der Waals surface area contributed by atoms with E-state index >= 15 is 0 Å². The Labute approximate surface area is 286 Å². The summed E-state index contributed by atoms with van der Waals surface area (Å²) in [4.78, 5) is 57.5. The van der Waals surface area contributed by atoms with Crippen LogP contribution in [0.5, 0.6) is 5.75 Å². The fourth-order valence-electron chi connectivity index (χ4n) is 6.87. The fourth-order valence-corrected chi connectivity index (χ4v) is 6.87. The molecule has 1 aliphatic heterocycles. The number of halogens is 2. The number of hydrogen-bond donors (Lipinski definition) is 3. The van der Waals surface area contributed by atoms with E-state index in [2.05, 4.69) is 22.1 Å². The third-order valence-electron chi connectivity index (χ3n) is 9.72. The lowest BCUT2D eigenvalue weighted by molar-refractivity contribution is -0.0487. The average Bonchev–Trinajstić information content (AvgIpc) is 3.91. The number of nitrogens with zero attached hydrogens (tertiary/aromatic N) is 4. The number of carboxylic acids is 1. The first-order valence-corrected chi connectivity index (χ1v) is 17.0. The zero-order valence-electron chi connectivity index (χ0n) is 28.4. The second-order valence-corrected chi connectivity index (χ2v) is 13.1. The molecule has 0 bridgehead atoms. The predicted molar refractivity (Wildman–Crippen MR) is 188 cm³/mol. The Kier molecular flexibility index (Phi) is 10.1. The van der Waals surface area contributed by atoms with Gasteiger partial charge in [0.2, 0.25) is 5.43 Å². The fraction of sp³-hybridized carbons (Fsp3) is 0.444. The number of carbonyl (C=O) groups is 1. The molecule has 3 N–H and O–H groups in total. The number of aromatic nitrogens is 3. The lowest BCUT2D eigenvalue weighted by Crippen LogP contribution is -2.52. The van der Waals surface area contributed by atoms with Crippen molar-refractivity contribution in [2.45, 2.75) is 78.1 Å². The molecule has 1 aliphatic carbocycles. The quantitative estimate of drug-likeness (QED) is 0.163. The molecular formula is C36H42F2N6O6. The molecule has 2 aliphatic rings. The Morgan fingerprint density at radius 1 is 1.08 bits per heavy atom. The van der Waals surface area contributed by atoms with Crippen LogP contribution in [0.25, 0.3) is 10.9 Å². The Hall–Kier alpha value is -4.98. The summed E-state index contributed by atoms with van der Waals surface area (Å²) < 4.78 is 35.5. The van der Waals surface area contributed by atoms with Crippen LogP contribution in [0, 0.1) is 6.92 Å². The number of H-pyrrole nitrogens is 1. The maximum atomic E-state index is 13.8. The third-order valence-corrected chi connectivity index (χ3v) is 9.72. The molecule has 3 heterocycles. The minimum absolute atomic E-state index is 0.0311. The number of piperazine rings is 1. The van der Waals surface area contributed by atoms with Crippen LogP contribution < -0.4 is 31.6 Å². The minimum atomic E-state index is -3.14. The van der Waals surface area contributed by atoms with Crippen molar-refractivity contribution in [2.24, 2.45) is 0 Å². The van der Waals surface area contributed by atoms with Crippen LogP contribution in [0.2, 0.25) is 0 Å². The largest absolute Gasteiger partial charge is 0.477 e. The van der Waals surface area contributed by atoms with Crippen molar-refractivity contribution in [2.75, 3.05) is 36.4 Å². The van der Waals surface area contributed by atoms with Crippen molar-refractivity contribution in [3.63, 3.8) is 0 Å². The summed E-state index contributed by atoms with van der Waals surface area (Å²) in [6.45, 7) is 5.62. The molecule has 1 saturated carbocycles. The smallest absolute Gasteiger partial charge is 0.387 e. The van der Waals surface area contributed by atoms with Gasteiger partial charge in [0.15, 0.2) is 5.75 Å². The zero-order chi connectivity index (χ0) is 35.7. The van der Waals surface area contributed by atoms with Gasteiger partial charge in [-0.15, -0.1) is 0 Å². The van der Waals surface area contributed by atoms with E-state index in [-0.39, 0.29) is 40.8 Å². The number of aromatic amines is 1. The van der Waals surface area contributed by atoms with Gasteiger partial charge in [-0.1, -0.05) is 13.0 Å². The Morgan fingerprint density at radius 3 is 2.50 bits per heavy atom. The summed E-state index contributed by atoms with van der Waals surface area (Å²) in [6, 6.07) is 10.3. The number of aromatic carboxylic acids is 1. The number of nitrogens with one attached hydrogen (secondary N) is 2. The number of alkyl halides is 2. The van der Waals surface area contributed by atoms with Gasteiger partial charge in [0.25, 0.3) is 5.56 Å². The van der Waals surface area contributed by atoms with Gasteiger partial charge in [-0.2, -0.15) is 8.78 Å². The number of hydrogen-bond acceptors (Lipinski definition) is 8. The highest BCUT2D eigenvalue weighted by molar-refractivity contribution is 5.97. The van der Waals surface area contributed by atoms with Gasteiger partial charge in [0, 0.05) is 56.2 Å². The van der Waals surface area contributed by atoms with E-state index in [4.69, 9.17) is 4.74 Å². The third kappa shape index (κ3) is 7.30. The molecule has 50 heavy (non-hydrogen) atoms. The highest BCUT2D eigenvalue weighted by Gasteiger charge is 2.32. The lowest BCUT2D eigenvalue weighted by Gasteiger charge is -2.41. The number of aryl methyl sites for hydroxylation is 2. The van der Waals surface area contributed by atoms with Crippen molar-refractivity contribution >= 4 is 34.1 Å². The minimum Gasteiger partial charge on any atom is -0.477 e. The van der Waals surface area contributed by atoms with E-state index in [0.717, 1.165) is 31.4 Å². The average molecular weight is 693 g/mol. The van der Waals surface area contributed by atoms with E-state index < -0.39 is 29.3 Å². The van der Waals surface area contributed by atoms with Gasteiger partial charge in [-0.3, -0.25) is 24.0 Å². The number of carboxylic acid groups (broad SMARTS) is 1. The van der Waals surface area contributed by atoms with Gasteiger partial charge in [-0.05, 0) is 87.9 Å². The van der Waals surface area contributed by atoms with Crippen molar-refractivity contribution < 1.29 is 23.4 Å². The van der Waals surface area contributed by atoms with Crippen LogP contribution in [0.15, 0.2) is 57.0 Å². The molecular weight excluding hydrogens is 650 g/mol. The summed E-state index contributed by atoms with van der Waals surface area (Å²) in [5, 5.41) is 12.8. The molecule has 0 amide bonds. The summed E-state index contributed by atoms with van der Waals surface area (Å²) >= 11 is 0. The van der Waals surface area contributed by atoms with Crippen molar-refractivity contribution in [1.82, 2.24) is 19.0 Å². The van der Waals surface area contributed by atoms with Gasteiger partial charge in [0.1, 0.15) is 11.4 Å². The molecule has 1 atom stereocenters. The maximum absolute atomic E-state index is 13.8. The van der Waals surface area contributed by atoms with E-state index in [0.29, 0.717) is 44.1 Å². The molecule has 14 heteroatoms. The van der Waals surface area contributed by atoms with Crippen molar-refractivity contribution in [3.8, 4) is 5.75 Å². The number of fused-ring (bicyclic) bond motifs is 1. The second kappa shape index (κ2) is 14.5. The molecule has 1 saturated heterocycles. The molecule has 2 aromatic heterocycles. The van der Waals surface area contributed by atoms with Crippen molar-refractivity contribution in [1.29, 1.82) is 0 Å². The predicted octanol–water partition coefficient (Wildman–Crippen LogP) is 5.09. The highest BCUT2D eigenvalue weighted by atomic mass is 19.3. The summed E-state index contributed by atoms with van der Waals surface area (Å²) in [7, 11) is 0. The standard InChI is InChI=1S/C36H42F2N6O6/c1-4-23-17-24(8-7-21(23)2)39-29-18-30(45)43(36(49)40-29)14-6-5-13-41-15-16-42(19-22(41)3)28-12-11-26-31(33(28)50-35(37)38)44(25-9-10-25)20-27(32(26)46)34(47)48/h7-8,11-12,17-18,20,22,25,35,39H,4-6,9-10,13-16,19H2,1-3H3,(H,40,49)(H,47,48)/t22-/m1/s1. The summed E-state index contributed by atoms with van der Waals surface area (Å²) in [6.07, 6.45) is 4.93. The van der Waals surface area contributed by atoms with E-state index in [1.54, 1.807) is 10.6 Å². The Bertz CT molecular complexity index is 2060. The maximum Gasteiger partial charge on any atom is 0.387 e. The Morgan fingerprint density at radius 2 is 1.84 bits per heavy atom. The van der Waals surface area contributed by atoms with Gasteiger partial charge >= 0.3 is 18.3 Å². The molecule has 0 unspecified atom stereocenters. The number of pyridine rings is 1. The van der Waals surface area contributed by atoms with E-state index in [9.17, 15) is 33.1 Å². The molecule has 4 aromatic rings. The second-order valence-electron chi connectivity index (χ2n) is 13.1. The number of ether oxygens (including phenoxy) is 1. The Balaban J connectivity index is 1.10. The molecule has 12 nitrogen and oxygen atoms in total. The van der Waals surface area contributed by atoms with Crippen LogP contribution in [-0.2, 0) is 13.0 Å². The normalized spacial score (nSPS) is 16.7. The SMILES string of the molecule is CCc1cc(Nc2cc(=O)n(CCCCN3CCN(c4ccc5c(=O)c(C(=O)O)cn(C6CC6)c5c4OC(F)F)C[C@H]3C)c(=O)[nH]2)ccc1C. The zero-order valence-corrected chi connectivity index (χ0v) is 28.4. The van der Waals surface area contributed by atoms with E-state index in [1.807, 2.05) is 36.9 Å². The van der Waals surface area contributed by atoms with Crippen LogP contribution in [-0.4, -0.2) is 68.9 Å². The first-order valence-electron chi connectivity index (χ1n) is 17.0.